The molecular formula is C10H21N3O2. The highest BCUT2D eigenvalue weighted by atomic mass is 16.5. The number of carbonyl (C=O) groups is 1. The summed E-state index contributed by atoms with van der Waals surface area (Å²) in [7, 11) is 3.08. The number of ether oxygens (including phenoxy) is 1. The molecular weight excluding hydrogens is 194 g/mol. The molecule has 1 unspecified atom stereocenters. The Morgan fingerprint density at radius 3 is 2.40 bits per heavy atom. The largest absolute Gasteiger partial charge is 0.469 e. The van der Waals surface area contributed by atoms with E-state index in [1.54, 1.807) is 7.05 Å². The minimum atomic E-state index is -0.220. The van der Waals surface area contributed by atoms with Crippen LogP contribution in [0.2, 0.25) is 0 Å². The van der Waals surface area contributed by atoms with Crippen molar-refractivity contribution in [3.8, 4) is 0 Å². The van der Waals surface area contributed by atoms with Crippen molar-refractivity contribution >= 4 is 11.9 Å². The van der Waals surface area contributed by atoms with E-state index >= 15 is 0 Å². The van der Waals surface area contributed by atoms with Crippen LogP contribution in [0.15, 0.2) is 4.99 Å². The number of carbonyl (C=O) groups excluding carboxylic acids is 1. The Bertz CT molecular complexity index is 227. The fourth-order valence-electron chi connectivity index (χ4n) is 1.00. The summed E-state index contributed by atoms with van der Waals surface area (Å²) in [6.07, 6.45) is 0. The molecule has 0 fully saturated rings. The van der Waals surface area contributed by atoms with Crippen LogP contribution in [0.5, 0.6) is 0 Å². The zero-order valence-corrected chi connectivity index (χ0v) is 10.1. The van der Waals surface area contributed by atoms with E-state index in [4.69, 9.17) is 0 Å². The third kappa shape index (κ3) is 5.93. The van der Waals surface area contributed by atoms with Gasteiger partial charge < -0.3 is 15.4 Å². The van der Waals surface area contributed by atoms with Crippen molar-refractivity contribution in [2.45, 2.75) is 26.8 Å². The average molecular weight is 215 g/mol. The zero-order chi connectivity index (χ0) is 11.8. The second-order valence-electron chi connectivity index (χ2n) is 3.68. The third-order valence-electron chi connectivity index (χ3n) is 1.83. The van der Waals surface area contributed by atoms with Gasteiger partial charge in [0, 0.05) is 19.6 Å². The highest BCUT2D eigenvalue weighted by Crippen LogP contribution is 1.94. The topological polar surface area (TPSA) is 62.7 Å². The van der Waals surface area contributed by atoms with Crippen LogP contribution in [0.3, 0.4) is 0 Å². The van der Waals surface area contributed by atoms with Gasteiger partial charge in [0.25, 0.3) is 0 Å². The molecule has 0 aromatic rings. The summed E-state index contributed by atoms with van der Waals surface area (Å²) in [6, 6.07) is 0.310. The summed E-state index contributed by atoms with van der Waals surface area (Å²) in [5, 5.41) is 6.18. The Labute approximate surface area is 91.3 Å². The molecule has 0 saturated carbocycles. The monoisotopic (exact) mass is 215 g/mol. The predicted octanol–water partition coefficient (Wildman–Crippen LogP) is 0.369. The van der Waals surface area contributed by atoms with Crippen LogP contribution in [-0.4, -0.2) is 38.7 Å². The molecule has 0 radical (unpaired) electrons. The molecule has 88 valence electrons. The summed E-state index contributed by atoms with van der Waals surface area (Å²) in [5.74, 6) is 0.295. The number of nitrogens with zero attached hydrogens (tertiary/aromatic N) is 1. The molecule has 0 aliphatic carbocycles. The van der Waals surface area contributed by atoms with Gasteiger partial charge in [-0.05, 0) is 13.8 Å². The highest BCUT2D eigenvalue weighted by Gasteiger charge is 2.13. The van der Waals surface area contributed by atoms with Crippen LogP contribution in [0.4, 0.5) is 0 Å². The summed E-state index contributed by atoms with van der Waals surface area (Å²) in [6.45, 7) is 6.37. The molecule has 0 heterocycles. The van der Waals surface area contributed by atoms with Crippen molar-refractivity contribution in [3.05, 3.63) is 0 Å². The lowest BCUT2D eigenvalue weighted by Crippen LogP contribution is -2.43. The van der Waals surface area contributed by atoms with E-state index in [2.05, 4.69) is 20.4 Å². The van der Waals surface area contributed by atoms with Crippen molar-refractivity contribution in [1.82, 2.24) is 10.6 Å². The van der Waals surface area contributed by atoms with Gasteiger partial charge in [0.05, 0.1) is 13.0 Å². The van der Waals surface area contributed by atoms with Gasteiger partial charge in [-0.1, -0.05) is 6.92 Å². The standard InChI is InChI=1S/C10H21N3O2/c1-7(2)13-10(11-4)12-6-8(3)9(14)15-5/h7-8H,6H2,1-5H3,(H2,11,12,13). The number of hydrogen-bond acceptors (Lipinski definition) is 3. The normalized spacial score (nSPS) is 13.6. The van der Waals surface area contributed by atoms with Crippen molar-refractivity contribution in [1.29, 1.82) is 0 Å². The van der Waals surface area contributed by atoms with Crippen LogP contribution >= 0.6 is 0 Å². The number of methoxy groups -OCH3 is 1. The lowest BCUT2D eigenvalue weighted by molar-refractivity contribution is -0.144. The van der Waals surface area contributed by atoms with E-state index in [1.807, 2.05) is 20.8 Å². The van der Waals surface area contributed by atoms with Gasteiger partial charge in [-0.15, -0.1) is 0 Å². The van der Waals surface area contributed by atoms with Crippen LogP contribution in [0.1, 0.15) is 20.8 Å². The molecule has 1 atom stereocenters. The Morgan fingerprint density at radius 1 is 1.40 bits per heavy atom. The van der Waals surface area contributed by atoms with Gasteiger partial charge in [-0.2, -0.15) is 0 Å². The maximum atomic E-state index is 11.1. The molecule has 5 heteroatoms. The van der Waals surface area contributed by atoms with Crippen LogP contribution < -0.4 is 10.6 Å². The van der Waals surface area contributed by atoms with E-state index in [0.717, 1.165) is 0 Å². The van der Waals surface area contributed by atoms with E-state index < -0.39 is 0 Å². The number of nitrogens with one attached hydrogen (secondary N) is 2. The van der Waals surface area contributed by atoms with Crippen LogP contribution in [0.25, 0.3) is 0 Å². The molecule has 0 aromatic carbocycles. The van der Waals surface area contributed by atoms with Gasteiger partial charge in [0.1, 0.15) is 0 Å². The smallest absolute Gasteiger partial charge is 0.310 e. The molecule has 15 heavy (non-hydrogen) atoms. The molecule has 0 bridgehead atoms. The molecule has 0 aliphatic heterocycles. The Balaban J connectivity index is 3.96. The number of aliphatic imine (C=N–C) groups is 1. The van der Waals surface area contributed by atoms with E-state index in [1.165, 1.54) is 7.11 Å². The van der Waals surface area contributed by atoms with Crippen LogP contribution in [0, 0.1) is 5.92 Å². The lowest BCUT2D eigenvalue weighted by atomic mass is 10.2. The number of rotatable bonds is 4. The highest BCUT2D eigenvalue weighted by molar-refractivity contribution is 5.80. The van der Waals surface area contributed by atoms with Gasteiger partial charge in [0.15, 0.2) is 5.96 Å². The number of hydrogen-bond donors (Lipinski definition) is 2. The van der Waals surface area contributed by atoms with Crippen molar-refractivity contribution in [2.75, 3.05) is 20.7 Å². The van der Waals surface area contributed by atoms with Crippen molar-refractivity contribution in [2.24, 2.45) is 10.9 Å². The maximum Gasteiger partial charge on any atom is 0.310 e. The Morgan fingerprint density at radius 2 is 2.00 bits per heavy atom. The van der Waals surface area contributed by atoms with E-state index in [0.29, 0.717) is 18.5 Å². The second-order valence-corrected chi connectivity index (χ2v) is 3.68. The number of guanidine groups is 1. The first-order valence-corrected chi connectivity index (χ1v) is 5.06. The van der Waals surface area contributed by atoms with Gasteiger partial charge in [-0.25, -0.2) is 0 Å². The maximum absolute atomic E-state index is 11.1. The minimum Gasteiger partial charge on any atom is -0.469 e. The van der Waals surface area contributed by atoms with Crippen molar-refractivity contribution < 1.29 is 9.53 Å². The average Bonchev–Trinajstić information content (AvgIpc) is 2.21. The first-order chi connectivity index (χ1) is 7.01. The van der Waals surface area contributed by atoms with E-state index in [-0.39, 0.29) is 11.9 Å². The van der Waals surface area contributed by atoms with Gasteiger partial charge in [-0.3, -0.25) is 9.79 Å². The molecule has 0 saturated heterocycles. The second kappa shape index (κ2) is 7.09. The Hall–Kier alpha value is -1.26. The first kappa shape index (κ1) is 13.7. The quantitative estimate of drug-likeness (QED) is 0.404. The molecule has 5 nitrogen and oxygen atoms in total. The van der Waals surface area contributed by atoms with Gasteiger partial charge in [0.2, 0.25) is 0 Å². The summed E-state index contributed by atoms with van der Waals surface area (Å²) in [5.41, 5.74) is 0. The fourth-order valence-corrected chi connectivity index (χ4v) is 1.00. The molecule has 0 aliphatic rings. The van der Waals surface area contributed by atoms with Gasteiger partial charge >= 0.3 is 5.97 Å². The van der Waals surface area contributed by atoms with E-state index in [9.17, 15) is 4.79 Å². The molecule has 0 rings (SSSR count). The van der Waals surface area contributed by atoms with Crippen molar-refractivity contribution in [3.63, 3.8) is 0 Å². The SMILES string of the molecule is CN=C(NCC(C)C(=O)OC)NC(C)C. The van der Waals surface area contributed by atoms with Crippen LogP contribution in [-0.2, 0) is 9.53 Å². The fraction of sp³-hybridized carbons (Fsp3) is 0.800. The zero-order valence-electron chi connectivity index (χ0n) is 10.1. The molecule has 0 aromatic heterocycles. The molecule has 0 spiro atoms. The number of esters is 1. The molecule has 0 amide bonds. The minimum absolute atomic E-state index is 0.180. The first-order valence-electron chi connectivity index (χ1n) is 5.06. The molecule has 2 N–H and O–H groups in total. The Kier molecular flexibility index (Phi) is 6.49. The summed E-state index contributed by atoms with van der Waals surface area (Å²) in [4.78, 5) is 15.1. The third-order valence-corrected chi connectivity index (χ3v) is 1.83. The lowest BCUT2D eigenvalue weighted by Gasteiger charge is -2.16. The summed E-state index contributed by atoms with van der Waals surface area (Å²) < 4.78 is 4.62. The summed E-state index contributed by atoms with van der Waals surface area (Å²) >= 11 is 0. The predicted molar refractivity (Wildman–Crippen MR) is 60.8 cm³/mol.